The van der Waals surface area contributed by atoms with Gasteiger partial charge in [0.05, 0.1) is 0 Å². The molecule has 0 aliphatic carbocycles. The van der Waals surface area contributed by atoms with Crippen molar-refractivity contribution in [2.45, 2.75) is 6.92 Å². The molecule has 1 N–H and O–H groups in total. The minimum atomic E-state index is -0.429. The van der Waals surface area contributed by atoms with Crippen LogP contribution in [0, 0.1) is 18.3 Å². The molecule has 0 aliphatic heterocycles. The number of benzene rings is 2. The van der Waals surface area contributed by atoms with Crippen LogP contribution in [0.1, 0.15) is 11.1 Å². The van der Waals surface area contributed by atoms with Crippen molar-refractivity contribution in [3.8, 4) is 6.07 Å². The van der Waals surface area contributed by atoms with Crippen LogP contribution in [-0.4, -0.2) is 5.91 Å². The van der Waals surface area contributed by atoms with E-state index in [0.717, 1.165) is 11.1 Å². The average Bonchev–Trinajstić information content (AvgIpc) is 2.49. The van der Waals surface area contributed by atoms with Gasteiger partial charge in [0.1, 0.15) is 11.6 Å². The molecular formula is C17H13ClN2O. The maximum Gasteiger partial charge on any atom is 0.266 e. The number of halogens is 1. The summed E-state index contributed by atoms with van der Waals surface area (Å²) < 4.78 is 0. The van der Waals surface area contributed by atoms with E-state index >= 15 is 0 Å². The van der Waals surface area contributed by atoms with Crippen molar-refractivity contribution in [3.05, 3.63) is 70.3 Å². The van der Waals surface area contributed by atoms with Crippen molar-refractivity contribution in [2.75, 3.05) is 5.32 Å². The van der Waals surface area contributed by atoms with Gasteiger partial charge >= 0.3 is 0 Å². The zero-order valence-corrected chi connectivity index (χ0v) is 12.2. The fourth-order valence-corrected chi connectivity index (χ4v) is 1.90. The van der Waals surface area contributed by atoms with Gasteiger partial charge in [0.15, 0.2) is 0 Å². The fraction of sp³-hybridized carbons (Fsp3) is 0.0588. The summed E-state index contributed by atoms with van der Waals surface area (Å²) in [6.07, 6.45) is 1.53. The van der Waals surface area contributed by atoms with Crippen LogP contribution in [0.5, 0.6) is 0 Å². The quantitative estimate of drug-likeness (QED) is 0.682. The van der Waals surface area contributed by atoms with Crippen molar-refractivity contribution in [3.63, 3.8) is 0 Å². The molecule has 0 bridgehead atoms. The minimum Gasteiger partial charge on any atom is -0.321 e. The van der Waals surface area contributed by atoms with Gasteiger partial charge in [-0.15, -0.1) is 0 Å². The maximum atomic E-state index is 12.1. The lowest BCUT2D eigenvalue weighted by Gasteiger charge is -2.07. The summed E-state index contributed by atoms with van der Waals surface area (Å²) in [4.78, 5) is 12.1. The van der Waals surface area contributed by atoms with Gasteiger partial charge in [-0.25, -0.2) is 0 Å². The van der Waals surface area contributed by atoms with E-state index in [9.17, 15) is 4.79 Å². The number of rotatable bonds is 3. The van der Waals surface area contributed by atoms with Crippen molar-refractivity contribution < 1.29 is 4.79 Å². The lowest BCUT2D eigenvalue weighted by atomic mass is 10.1. The molecule has 0 radical (unpaired) electrons. The number of carbonyl (C=O) groups is 1. The monoisotopic (exact) mass is 296 g/mol. The largest absolute Gasteiger partial charge is 0.321 e. The molecular weight excluding hydrogens is 284 g/mol. The van der Waals surface area contributed by atoms with Gasteiger partial charge in [-0.05, 0) is 42.3 Å². The zero-order chi connectivity index (χ0) is 15.2. The lowest BCUT2D eigenvalue weighted by Crippen LogP contribution is -2.14. The SMILES string of the molecule is Cc1ccccc1NC(=O)/C(C#N)=C/c1ccc(Cl)cc1. The second kappa shape index (κ2) is 6.74. The van der Waals surface area contributed by atoms with Crippen LogP contribution in [-0.2, 0) is 4.79 Å². The van der Waals surface area contributed by atoms with Crippen LogP contribution in [0.15, 0.2) is 54.1 Å². The molecule has 1 amide bonds. The van der Waals surface area contributed by atoms with Gasteiger partial charge in [0.25, 0.3) is 5.91 Å². The second-order valence-electron chi connectivity index (χ2n) is 4.49. The molecule has 2 rings (SSSR count). The second-order valence-corrected chi connectivity index (χ2v) is 4.93. The summed E-state index contributed by atoms with van der Waals surface area (Å²) in [6, 6.07) is 16.3. The van der Waals surface area contributed by atoms with E-state index in [2.05, 4.69) is 5.32 Å². The zero-order valence-electron chi connectivity index (χ0n) is 11.4. The Morgan fingerprint density at radius 1 is 1.19 bits per heavy atom. The molecule has 3 nitrogen and oxygen atoms in total. The third-order valence-electron chi connectivity index (χ3n) is 2.94. The molecule has 0 aromatic heterocycles. The Labute approximate surface area is 128 Å². The van der Waals surface area contributed by atoms with Crippen molar-refractivity contribution in [2.24, 2.45) is 0 Å². The molecule has 0 atom stereocenters. The number of hydrogen-bond acceptors (Lipinski definition) is 2. The summed E-state index contributed by atoms with van der Waals surface area (Å²) in [5.74, 6) is -0.429. The van der Waals surface area contributed by atoms with E-state index in [-0.39, 0.29) is 5.57 Å². The van der Waals surface area contributed by atoms with Gasteiger partial charge in [0, 0.05) is 10.7 Å². The van der Waals surface area contributed by atoms with Gasteiger partial charge in [0.2, 0.25) is 0 Å². The topological polar surface area (TPSA) is 52.9 Å². The summed E-state index contributed by atoms with van der Waals surface area (Å²) in [5.41, 5.74) is 2.42. The normalized spacial score (nSPS) is 10.8. The molecule has 0 unspecified atom stereocenters. The van der Waals surface area contributed by atoms with E-state index in [4.69, 9.17) is 16.9 Å². The molecule has 2 aromatic carbocycles. The first kappa shape index (κ1) is 14.8. The lowest BCUT2D eigenvalue weighted by molar-refractivity contribution is -0.112. The van der Waals surface area contributed by atoms with Crippen LogP contribution in [0.25, 0.3) is 6.08 Å². The Balaban J connectivity index is 2.21. The van der Waals surface area contributed by atoms with Crippen LogP contribution < -0.4 is 5.32 Å². The Hall–Kier alpha value is -2.57. The van der Waals surface area contributed by atoms with Crippen molar-refractivity contribution in [1.82, 2.24) is 0 Å². The summed E-state index contributed by atoms with van der Waals surface area (Å²) >= 11 is 5.80. The first-order valence-corrected chi connectivity index (χ1v) is 6.72. The molecule has 0 saturated carbocycles. The van der Waals surface area contributed by atoms with Crippen LogP contribution in [0.4, 0.5) is 5.69 Å². The number of aryl methyl sites for hydroxylation is 1. The standard InChI is InChI=1S/C17H13ClN2O/c1-12-4-2-3-5-16(12)20-17(21)14(11-19)10-13-6-8-15(18)9-7-13/h2-10H,1H3,(H,20,21)/b14-10+. The number of nitriles is 1. The molecule has 4 heteroatoms. The van der Waals surface area contributed by atoms with E-state index in [1.807, 2.05) is 31.2 Å². The smallest absolute Gasteiger partial charge is 0.266 e. The average molecular weight is 297 g/mol. The number of para-hydroxylation sites is 1. The summed E-state index contributed by atoms with van der Waals surface area (Å²) in [6.45, 7) is 1.89. The number of hydrogen-bond donors (Lipinski definition) is 1. The molecule has 0 fully saturated rings. The first-order chi connectivity index (χ1) is 10.1. The Morgan fingerprint density at radius 3 is 2.48 bits per heavy atom. The molecule has 104 valence electrons. The Kier molecular flexibility index (Phi) is 4.76. The highest BCUT2D eigenvalue weighted by Crippen LogP contribution is 2.16. The van der Waals surface area contributed by atoms with E-state index in [0.29, 0.717) is 10.7 Å². The van der Waals surface area contributed by atoms with Crippen LogP contribution in [0.3, 0.4) is 0 Å². The number of amides is 1. The molecule has 0 aliphatic rings. The van der Waals surface area contributed by atoms with Gasteiger partial charge < -0.3 is 5.32 Å². The van der Waals surface area contributed by atoms with E-state index in [1.165, 1.54) is 6.08 Å². The summed E-state index contributed by atoms with van der Waals surface area (Å²) in [5, 5.41) is 12.5. The van der Waals surface area contributed by atoms with Gasteiger partial charge in [-0.2, -0.15) is 5.26 Å². The van der Waals surface area contributed by atoms with Crippen LogP contribution >= 0.6 is 11.6 Å². The Bertz CT molecular complexity index is 727. The molecule has 0 heterocycles. The molecule has 2 aromatic rings. The van der Waals surface area contributed by atoms with E-state index < -0.39 is 5.91 Å². The Morgan fingerprint density at radius 2 is 1.86 bits per heavy atom. The van der Waals surface area contributed by atoms with E-state index in [1.54, 1.807) is 30.3 Å². The highest BCUT2D eigenvalue weighted by Gasteiger charge is 2.10. The maximum absolute atomic E-state index is 12.1. The highest BCUT2D eigenvalue weighted by molar-refractivity contribution is 6.30. The number of nitrogens with one attached hydrogen (secondary N) is 1. The molecule has 0 saturated heterocycles. The van der Waals surface area contributed by atoms with Gasteiger partial charge in [-0.3, -0.25) is 4.79 Å². The number of carbonyl (C=O) groups excluding carboxylic acids is 1. The number of anilines is 1. The predicted octanol–water partition coefficient (Wildman–Crippen LogP) is 4.19. The van der Waals surface area contributed by atoms with Crippen molar-refractivity contribution in [1.29, 1.82) is 5.26 Å². The summed E-state index contributed by atoms with van der Waals surface area (Å²) in [7, 11) is 0. The third-order valence-corrected chi connectivity index (χ3v) is 3.19. The molecule has 0 spiro atoms. The van der Waals surface area contributed by atoms with Gasteiger partial charge in [-0.1, -0.05) is 41.9 Å². The first-order valence-electron chi connectivity index (χ1n) is 6.34. The highest BCUT2D eigenvalue weighted by atomic mass is 35.5. The number of nitrogens with zero attached hydrogens (tertiary/aromatic N) is 1. The van der Waals surface area contributed by atoms with Crippen LogP contribution in [0.2, 0.25) is 5.02 Å². The fourth-order valence-electron chi connectivity index (χ4n) is 1.78. The third kappa shape index (κ3) is 3.95. The van der Waals surface area contributed by atoms with Crippen molar-refractivity contribution >= 4 is 29.3 Å². The predicted molar refractivity (Wildman–Crippen MR) is 84.9 cm³/mol. The minimum absolute atomic E-state index is 0.0422. The molecule has 21 heavy (non-hydrogen) atoms.